The van der Waals surface area contributed by atoms with Gasteiger partial charge in [-0.25, -0.2) is 4.79 Å². The Hall–Kier alpha value is -2.64. The number of benzene rings is 1. The number of hydrogen-bond acceptors (Lipinski definition) is 5. The molecule has 0 aliphatic heterocycles. The lowest BCUT2D eigenvalue weighted by atomic mass is 10.0. The molecule has 150 valence electrons. The van der Waals surface area contributed by atoms with E-state index in [9.17, 15) is 14.4 Å². The lowest BCUT2D eigenvalue weighted by Gasteiger charge is -2.16. The molecule has 0 saturated heterocycles. The number of anilines is 1. The van der Waals surface area contributed by atoms with Crippen LogP contribution in [0.5, 0.6) is 0 Å². The van der Waals surface area contributed by atoms with Gasteiger partial charge in [-0.2, -0.15) is 0 Å². The maximum absolute atomic E-state index is 12.8. The minimum atomic E-state index is -0.532. The molecule has 0 unspecified atom stereocenters. The quantitative estimate of drug-likeness (QED) is 0.519. The van der Waals surface area contributed by atoms with Gasteiger partial charge in [0.15, 0.2) is 5.78 Å². The van der Waals surface area contributed by atoms with E-state index in [2.05, 4.69) is 10.3 Å². The third kappa shape index (κ3) is 5.43. The highest BCUT2D eigenvalue weighted by molar-refractivity contribution is 6.30. The van der Waals surface area contributed by atoms with Gasteiger partial charge in [-0.15, -0.1) is 0 Å². The summed E-state index contributed by atoms with van der Waals surface area (Å²) in [6.07, 6.45) is 0. The summed E-state index contributed by atoms with van der Waals surface area (Å²) in [5, 5.41) is 3.32. The number of aryl methyl sites for hydroxylation is 2. The van der Waals surface area contributed by atoms with Gasteiger partial charge < -0.3 is 15.0 Å². The van der Waals surface area contributed by atoms with Crippen molar-refractivity contribution in [1.29, 1.82) is 0 Å². The first-order valence-corrected chi connectivity index (χ1v) is 9.24. The van der Waals surface area contributed by atoms with E-state index in [4.69, 9.17) is 16.3 Å². The summed E-state index contributed by atoms with van der Waals surface area (Å²) in [7, 11) is 1.66. The third-order valence-corrected chi connectivity index (χ3v) is 4.34. The molecular formula is C20H24ClN3O4. The van der Waals surface area contributed by atoms with Crippen LogP contribution in [-0.2, 0) is 9.53 Å². The molecule has 7 nitrogen and oxygen atoms in total. The number of nitrogens with zero attached hydrogens (tertiary/aromatic N) is 1. The molecule has 0 spiro atoms. The monoisotopic (exact) mass is 405 g/mol. The van der Waals surface area contributed by atoms with Crippen molar-refractivity contribution in [1.82, 2.24) is 9.88 Å². The number of aromatic nitrogens is 1. The second-order valence-corrected chi connectivity index (χ2v) is 6.93. The smallest absolute Gasteiger partial charge is 0.340 e. The van der Waals surface area contributed by atoms with Crippen LogP contribution in [0.15, 0.2) is 24.3 Å². The molecule has 2 N–H and O–H groups in total. The largest absolute Gasteiger partial charge is 0.462 e. The summed E-state index contributed by atoms with van der Waals surface area (Å²) < 4.78 is 5.06. The minimum absolute atomic E-state index is 0.0153. The zero-order valence-electron chi connectivity index (χ0n) is 16.4. The Morgan fingerprint density at radius 3 is 2.29 bits per heavy atom. The Balaban J connectivity index is 2.03. The maximum Gasteiger partial charge on any atom is 0.340 e. The van der Waals surface area contributed by atoms with E-state index in [1.807, 2.05) is 0 Å². The van der Waals surface area contributed by atoms with Crippen molar-refractivity contribution >= 4 is 34.9 Å². The summed E-state index contributed by atoms with van der Waals surface area (Å²) in [4.78, 5) is 41.8. The number of hydrogen-bond donors (Lipinski definition) is 2. The molecule has 0 aliphatic rings. The molecule has 0 atom stereocenters. The second-order valence-electron chi connectivity index (χ2n) is 6.50. The summed E-state index contributed by atoms with van der Waals surface area (Å²) >= 11 is 5.82. The van der Waals surface area contributed by atoms with Crippen LogP contribution in [0.3, 0.4) is 0 Å². The van der Waals surface area contributed by atoms with E-state index >= 15 is 0 Å². The number of ketones is 1. The van der Waals surface area contributed by atoms with Crippen LogP contribution < -0.4 is 5.32 Å². The first-order valence-electron chi connectivity index (χ1n) is 8.86. The molecule has 2 aromatic rings. The van der Waals surface area contributed by atoms with Crippen molar-refractivity contribution in [3.05, 3.63) is 51.8 Å². The van der Waals surface area contributed by atoms with Crippen molar-refractivity contribution in [3.8, 4) is 0 Å². The summed E-state index contributed by atoms with van der Waals surface area (Å²) in [5.41, 5.74) is 2.37. The number of ether oxygens (including phenoxy) is 1. The van der Waals surface area contributed by atoms with Gasteiger partial charge >= 0.3 is 5.97 Å². The van der Waals surface area contributed by atoms with Crippen LogP contribution in [0.2, 0.25) is 5.02 Å². The van der Waals surface area contributed by atoms with Gasteiger partial charge in [-0.3, -0.25) is 14.5 Å². The number of likely N-dealkylation sites (N-methyl/N-ethyl adjacent to an activating group) is 1. The predicted molar refractivity (Wildman–Crippen MR) is 108 cm³/mol. The Kier molecular flexibility index (Phi) is 7.37. The topological polar surface area (TPSA) is 91.5 Å². The zero-order valence-corrected chi connectivity index (χ0v) is 17.1. The minimum Gasteiger partial charge on any atom is -0.462 e. The van der Waals surface area contributed by atoms with Gasteiger partial charge in [-0.1, -0.05) is 11.6 Å². The lowest BCUT2D eigenvalue weighted by Crippen LogP contribution is -2.34. The molecule has 0 bridgehead atoms. The lowest BCUT2D eigenvalue weighted by molar-refractivity contribution is -0.116. The van der Waals surface area contributed by atoms with Crippen molar-refractivity contribution in [2.75, 3.05) is 32.1 Å². The Morgan fingerprint density at radius 2 is 1.68 bits per heavy atom. The van der Waals surface area contributed by atoms with Crippen molar-refractivity contribution in [2.24, 2.45) is 0 Å². The molecule has 1 aromatic heterocycles. The summed E-state index contributed by atoms with van der Waals surface area (Å²) in [5.74, 6) is -1.05. The van der Waals surface area contributed by atoms with Crippen molar-refractivity contribution in [2.45, 2.75) is 20.8 Å². The number of aromatic amines is 1. The zero-order chi connectivity index (χ0) is 20.8. The molecule has 1 aromatic carbocycles. The van der Waals surface area contributed by atoms with Gasteiger partial charge in [0.1, 0.15) is 0 Å². The summed E-state index contributed by atoms with van der Waals surface area (Å²) in [6, 6.07) is 6.75. The average molecular weight is 406 g/mol. The second kappa shape index (κ2) is 9.52. The highest BCUT2D eigenvalue weighted by Gasteiger charge is 2.26. The number of H-pyrrole nitrogens is 1. The molecule has 0 aliphatic carbocycles. The Bertz CT molecular complexity index is 874. The fourth-order valence-electron chi connectivity index (χ4n) is 2.95. The SMILES string of the molecule is CCOC(=O)c1c(C)[nH]c(C)c1C(=O)CN(C)CC(=O)Nc1ccc(Cl)cc1. The van der Waals surface area contributed by atoms with Gasteiger partial charge in [0.2, 0.25) is 5.91 Å². The van der Waals surface area contributed by atoms with E-state index in [1.54, 1.807) is 57.0 Å². The number of esters is 1. The number of carbonyl (C=O) groups excluding carboxylic acids is 3. The molecule has 0 saturated carbocycles. The van der Waals surface area contributed by atoms with Gasteiger partial charge in [-0.05, 0) is 52.1 Å². The highest BCUT2D eigenvalue weighted by Crippen LogP contribution is 2.20. The molecule has 0 radical (unpaired) electrons. The summed E-state index contributed by atoms with van der Waals surface area (Å²) in [6.45, 7) is 5.39. The van der Waals surface area contributed by atoms with E-state index < -0.39 is 5.97 Å². The first kappa shape index (κ1) is 21.7. The fourth-order valence-corrected chi connectivity index (χ4v) is 3.07. The van der Waals surface area contributed by atoms with Crippen molar-refractivity contribution in [3.63, 3.8) is 0 Å². The maximum atomic E-state index is 12.8. The number of halogens is 1. The number of carbonyl (C=O) groups is 3. The Labute approximate surface area is 169 Å². The molecule has 1 heterocycles. The standard InChI is InChI=1S/C20H24ClN3O4/c1-5-28-20(27)19-13(3)22-12(2)18(19)16(25)10-24(4)11-17(26)23-15-8-6-14(21)7-9-15/h6-9,22H,5,10-11H2,1-4H3,(H,23,26). The molecular weight excluding hydrogens is 382 g/mol. The Morgan fingerprint density at radius 1 is 1.07 bits per heavy atom. The third-order valence-electron chi connectivity index (χ3n) is 4.09. The van der Waals surface area contributed by atoms with E-state index in [0.29, 0.717) is 27.7 Å². The number of rotatable bonds is 8. The van der Waals surface area contributed by atoms with Gasteiger partial charge in [0, 0.05) is 22.1 Å². The van der Waals surface area contributed by atoms with Crippen LogP contribution in [0.4, 0.5) is 5.69 Å². The normalized spacial score (nSPS) is 10.8. The molecule has 1 amide bonds. The molecule has 28 heavy (non-hydrogen) atoms. The van der Waals surface area contributed by atoms with Crippen LogP contribution in [0.25, 0.3) is 0 Å². The molecule has 2 rings (SSSR count). The van der Waals surface area contributed by atoms with Gasteiger partial charge in [0.25, 0.3) is 0 Å². The van der Waals surface area contributed by atoms with Crippen LogP contribution >= 0.6 is 11.6 Å². The average Bonchev–Trinajstić information content (AvgIpc) is 2.91. The fraction of sp³-hybridized carbons (Fsp3) is 0.350. The highest BCUT2D eigenvalue weighted by atomic mass is 35.5. The van der Waals surface area contributed by atoms with Gasteiger partial charge in [0.05, 0.1) is 30.8 Å². The van der Waals surface area contributed by atoms with E-state index in [0.717, 1.165) is 0 Å². The predicted octanol–water partition coefficient (Wildman–Crippen LogP) is 3.21. The van der Waals surface area contributed by atoms with Crippen LogP contribution in [-0.4, -0.2) is 54.3 Å². The number of amides is 1. The van der Waals surface area contributed by atoms with E-state index in [1.165, 1.54) is 0 Å². The molecule has 8 heteroatoms. The molecule has 0 fully saturated rings. The van der Waals surface area contributed by atoms with E-state index in [-0.39, 0.29) is 37.0 Å². The number of nitrogens with one attached hydrogen (secondary N) is 2. The van der Waals surface area contributed by atoms with Crippen LogP contribution in [0, 0.1) is 13.8 Å². The van der Waals surface area contributed by atoms with Crippen LogP contribution in [0.1, 0.15) is 39.0 Å². The van der Waals surface area contributed by atoms with Crippen molar-refractivity contribution < 1.29 is 19.1 Å². The number of Topliss-reactive ketones (excluding diaryl/α,β-unsaturated/α-hetero) is 1. The first-order chi connectivity index (χ1) is 13.2.